The highest BCUT2D eigenvalue weighted by Gasteiger charge is 2.34. The number of hydrogen-bond acceptors (Lipinski definition) is 1. The minimum Gasteiger partial charge on any atom is -0.310 e. The van der Waals surface area contributed by atoms with E-state index in [4.69, 9.17) is 0 Å². The van der Waals surface area contributed by atoms with Crippen molar-refractivity contribution in [2.45, 2.75) is 58.0 Å². The molecule has 1 nitrogen and oxygen atoms in total. The number of hydrogen-bond donors (Lipinski definition) is 1. The van der Waals surface area contributed by atoms with Crippen molar-refractivity contribution in [2.75, 3.05) is 0 Å². The van der Waals surface area contributed by atoms with Crippen molar-refractivity contribution >= 4 is 0 Å². The van der Waals surface area contributed by atoms with Gasteiger partial charge in [-0.25, -0.2) is 0 Å². The van der Waals surface area contributed by atoms with Gasteiger partial charge in [0.1, 0.15) is 0 Å². The molecular formula is C17H25N. The molecule has 0 amide bonds. The summed E-state index contributed by atoms with van der Waals surface area (Å²) in [4.78, 5) is 0. The highest BCUT2D eigenvalue weighted by Crippen LogP contribution is 2.43. The first-order valence-electron chi connectivity index (χ1n) is 7.60. The quantitative estimate of drug-likeness (QED) is 0.841. The highest BCUT2D eigenvalue weighted by atomic mass is 14.9. The summed E-state index contributed by atoms with van der Waals surface area (Å²) in [5.74, 6) is 2.13. The van der Waals surface area contributed by atoms with Gasteiger partial charge < -0.3 is 5.32 Å². The lowest BCUT2D eigenvalue weighted by molar-refractivity contribution is 0.260. The first-order valence-corrected chi connectivity index (χ1v) is 7.60. The predicted octanol–water partition coefficient (Wildman–Crippen LogP) is 4.05. The standard InChI is InChI=1S/C17H25N/c1-13-4-2-5-14(10-13)12-18-17-7-3-6-16(11-17)15-8-9-15/h2,4-5,10,15-18H,3,6-9,11-12H2,1H3. The van der Waals surface area contributed by atoms with Gasteiger partial charge in [0.15, 0.2) is 0 Å². The van der Waals surface area contributed by atoms with Crippen molar-refractivity contribution in [3.05, 3.63) is 35.4 Å². The average Bonchev–Trinajstić information content (AvgIpc) is 3.21. The third kappa shape index (κ3) is 3.14. The van der Waals surface area contributed by atoms with Gasteiger partial charge in [-0.05, 0) is 50.0 Å². The van der Waals surface area contributed by atoms with Gasteiger partial charge in [0.25, 0.3) is 0 Å². The molecule has 0 bridgehead atoms. The largest absolute Gasteiger partial charge is 0.310 e. The van der Waals surface area contributed by atoms with Crippen LogP contribution in [0.1, 0.15) is 49.7 Å². The van der Waals surface area contributed by atoms with Crippen LogP contribution >= 0.6 is 0 Å². The molecule has 98 valence electrons. The molecule has 2 unspecified atom stereocenters. The van der Waals surface area contributed by atoms with Crippen molar-refractivity contribution in [2.24, 2.45) is 11.8 Å². The Morgan fingerprint density at radius 3 is 2.78 bits per heavy atom. The van der Waals surface area contributed by atoms with Crippen LogP contribution in [0.3, 0.4) is 0 Å². The van der Waals surface area contributed by atoms with Crippen LogP contribution in [0.5, 0.6) is 0 Å². The van der Waals surface area contributed by atoms with Crippen LogP contribution in [-0.2, 0) is 6.54 Å². The van der Waals surface area contributed by atoms with E-state index in [1.807, 2.05) is 0 Å². The first kappa shape index (κ1) is 12.2. The molecule has 1 N–H and O–H groups in total. The summed E-state index contributed by atoms with van der Waals surface area (Å²) in [6.45, 7) is 3.22. The second kappa shape index (κ2) is 5.44. The Morgan fingerprint density at radius 2 is 2.00 bits per heavy atom. The van der Waals surface area contributed by atoms with Crippen molar-refractivity contribution in [1.82, 2.24) is 5.32 Å². The molecule has 2 aliphatic carbocycles. The summed E-state index contributed by atoms with van der Waals surface area (Å²) in [5, 5.41) is 3.78. The number of rotatable bonds is 4. The maximum absolute atomic E-state index is 3.78. The fourth-order valence-electron chi connectivity index (χ4n) is 3.49. The van der Waals surface area contributed by atoms with Crippen LogP contribution in [0.15, 0.2) is 24.3 Å². The Bertz CT molecular complexity index is 394. The molecule has 1 aromatic rings. The van der Waals surface area contributed by atoms with Crippen molar-refractivity contribution in [1.29, 1.82) is 0 Å². The topological polar surface area (TPSA) is 12.0 Å². The summed E-state index contributed by atoms with van der Waals surface area (Å²) in [6.07, 6.45) is 8.76. The third-order valence-corrected chi connectivity index (χ3v) is 4.68. The van der Waals surface area contributed by atoms with Crippen LogP contribution in [0.2, 0.25) is 0 Å². The van der Waals surface area contributed by atoms with Gasteiger partial charge in [0, 0.05) is 12.6 Å². The molecule has 0 saturated heterocycles. The molecule has 0 aliphatic heterocycles. The summed E-state index contributed by atoms with van der Waals surface area (Å²) in [6, 6.07) is 9.65. The molecule has 0 heterocycles. The molecule has 2 atom stereocenters. The van der Waals surface area contributed by atoms with Crippen LogP contribution in [0.25, 0.3) is 0 Å². The molecule has 18 heavy (non-hydrogen) atoms. The van der Waals surface area contributed by atoms with Gasteiger partial charge in [0.05, 0.1) is 0 Å². The number of nitrogens with one attached hydrogen (secondary N) is 1. The zero-order valence-electron chi connectivity index (χ0n) is 11.5. The van der Waals surface area contributed by atoms with E-state index in [9.17, 15) is 0 Å². The van der Waals surface area contributed by atoms with E-state index in [1.165, 1.54) is 49.7 Å². The molecule has 1 aromatic carbocycles. The van der Waals surface area contributed by atoms with E-state index in [-0.39, 0.29) is 0 Å². The molecule has 1 heteroatoms. The summed E-state index contributed by atoms with van der Waals surface area (Å²) < 4.78 is 0. The smallest absolute Gasteiger partial charge is 0.0208 e. The third-order valence-electron chi connectivity index (χ3n) is 4.68. The zero-order chi connectivity index (χ0) is 12.4. The van der Waals surface area contributed by atoms with E-state index in [1.54, 1.807) is 0 Å². The summed E-state index contributed by atoms with van der Waals surface area (Å²) >= 11 is 0. The van der Waals surface area contributed by atoms with E-state index in [0.29, 0.717) is 0 Å². The number of benzene rings is 1. The summed E-state index contributed by atoms with van der Waals surface area (Å²) in [5.41, 5.74) is 2.80. The van der Waals surface area contributed by atoms with Gasteiger partial charge in [-0.3, -0.25) is 0 Å². The maximum atomic E-state index is 3.78. The summed E-state index contributed by atoms with van der Waals surface area (Å²) in [7, 11) is 0. The SMILES string of the molecule is Cc1cccc(CNC2CCCC(C3CC3)C2)c1. The Balaban J connectivity index is 1.50. The van der Waals surface area contributed by atoms with Crippen molar-refractivity contribution in [3.8, 4) is 0 Å². The van der Waals surface area contributed by atoms with E-state index >= 15 is 0 Å². The van der Waals surface area contributed by atoms with E-state index in [0.717, 1.165) is 24.4 Å². The number of aryl methyl sites for hydroxylation is 1. The molecule has 2 aliphatic rings. The fraction of sp³-hybridized carbons (Fsp3) is 0.647. The van der Waals surface area contributed by atoms with Gasteiger partial charge >= 0.3 is 0 Å². The van der Waals surface area contributed by atoms with Crippen molar-refractivity contribution < 1.29 is 0 Å². The maximum Gasteiger partial charge on any atom is 0.0208 e. The minimum atomic E-state index is 0.768. The Labute approximate surface area is 111 Å². The van der Waals surface area contributed by atoms with Crippen LogP contribution in [-0.4, -0.2) is 6.04 Å². The monoisotopic (exact) mass is 243 g/mol. The Kier molecular flexibility index (Phi) is 3.69. The zero-order valence-corrected chi connectivity index (χ0v) is 11.5. The van der Waals surface area contributed by atoms with Crippen LogP contribution in [0, 0.1) is 18.8 Å². The fourth-order valence-corrected chi connectivity index (χ4v) is 3.49. The molecule has 2 saturated carbocycles. The second-order valence-corrected chi connectivity index (χ2v) is 6.33. The van der Waals surface area contributed by atoms with E-state index in [2.05, 4.69) is 36.5 Å². The van der Waals surface area contributed by atoms with Crippen molar-refractivity contribution in [3.63, 3.8) is 0 Å². The molecule has 0 spiro atoms. The lowest BCUT2D eigenvalue weighted by Crippen LogP contribution is -2.34. The minimum absolute atomic E-state index is 0.768. The molecule has 2 fully saturated rings. The van der Waals surface area contributed by atoms with Gasteiger partial charge in [0.2, 0.25) is 0 Å². The lowest BCUT2D eigenvalue weighted by Gasteiger charge is -2.30. The Morgan fingerprint density at radius 1 is 1.11 bits per heavy atom. The first-order chi connectivity index (χ1) is 8.81. The Hall–Kier alpha value is -0.820. The second-order valence-electron chi connectivity index (χ2n) is 6.33. The van der Waals surface area contributed by atoms with Gasteiger partial charge in [-0.2, -0.15) is 0 Å². The van der Waals surface area contributed by atoms with Crippen LogP contribution < -0.4 is 5.32 Å². The normalized spacial score (nSPS) is 28.3. The molecular weight excluding hydrogens is 218 g/mol. The van der Waals surface area contributed by atoms with E-state index < -0.39 is 0 Å². The van der Waals surface area contributed by atoms with Gasteiger partial charge in [-0.1, -0.05) is 42.7 Å². The highest BCUT2D eigenvalue weighted by molar-refractivity contribution is 5.22. The average molecular weight is 243 g/mol. The van der Waals surface area contributed by atoms with Crippen LogP contribution in [0.4, 0.5) is 0 Å². The lowest BCUT2D eigenvalue weighted by atomic mass is 9.82. The predicted molar refractivity (Wildman–Crippen MR) is 76.5 cm³/mol. The molecule has 0 aromatic heterocycles. The molecule has 3 rings (SSSR count). The van der Waals surface area contributed by atoms with Gasteiger partial charge in [-0.15, -0.1) is 0 Å². The molecule has 0 radical (unpaired) electrons.